The van der Waals surface area contributed by atoms with Gasteiger partial charge in [-0.3, -0.25) is 4.79 Å². The molecule has 0 bridgehead atoms. The van der Waals surface area contributed by atoms with E-state index in [1.165, 1.54) is 0 Å². The summed E-state index contributed by atoms with van der Waals surface area (Å²) in [6, 6.07) is -0.898. The number of carbonyl (C=O) groups is 1. The maximum Gasteiger partial charge on any atom is 0.322 e. The van der Waals surface area contributed by atoms with Crippen molar-refractivity contribution in [2.24, 2.45) is 0 Å². The van der Waals surface area contributed by atoms with Crippen LogP contribution in [0.25, 0.3) is 0 Å². The van der Waals surface area contributed by atoms with Crippen molar-refractivity contribution in [2.75, 3.05) is 18.9 Å². The van der Waals surface area contributed by atoms with Crippen molar-refractivity contribution < 1.29 is 23.1 Å². The number of piperidine rings is 1. The Morgan fingerprint density at radius 1 is 1.28 bits per heavy atom. The highest BCUT2D eigenvalue weighted by atomic mass is 32.2. The topological polar surface area (TPSA) is 83.9 Å². The van der Waals surface area contributed by atoms with Gasteiger partial charge in [0.25, 0.3) is 0 Å². The number of ether oxygens (including phenoxy) is 1. The van der Waals surface area contributed by atoms with Crippen LogP contribution in [0.3, 0.4) is 0 Å². The van der Waals surface area contributed by atoms with E-state index in [1.807, 2.05) is 0 Å². The molecule has 0 aliphatic carbocycles. The first-order chi connectivity index (χ1) is 8.50. The van der Waals surface area contributed by atoms with Crippen LogP contribution in [0.4, 0.5) is 0 Å². The van der Waals surface area contributed by atoms with Crippen LogP contribution in [0.15, 0.2) is 0 Å². The first-order valence-corrected chi connectivity index (χ1v) is 7.95. The summed E-state index contributed by atoms with van der Waals surface area (Å²) in [6.45, 7) is 0.911. The molecule has 2 fully saturated rings. The monoisotopic (exact) mass is 277 g/mol. The number of sulfonamides is 1. The molecule has 6 nitrogen and oxygen atoms in total. The van der Waals surface area contributed by atoms with Crippen molar-refractivity contribution in [3.8, 4) is 0 Å². The number of hydrogen-bond acceptors (Lipinski definition) is 4. The maximum atomic E-state index is 12.2. The Kier molecular flexibility index (Phi) is 4.24. The van der Waals surface area contributed by atoms with Gasteiger partial charge in [0.15, 0.2) is 0 Å². The molecule has 0 aromatic heterocycles. The molecule has 0 amide bonds. The van der Waals surface area contributed by atoms with Gasteiger partial charge in [-0.25, -0.2) is 8.42 Å². The lowest BCUT2D eigenvalue weighted by Crippen LogP contribution is -2.49. The van der Waals surface area contributed by atoms with Gasteiger partial charge in [-0.2, -0.15) is 4.31 Å². The Hall–Kier alpha value is -0.660. The van der Waals surface area contributed by atoms with Crippen molar-refractivity contribution in [3.05, 3.63) is 0 Å². The lowest BCUT2D eigenvalue weighted by atomic mass is 10.1. The average Bonchev–Trinajstić information content (AvgIpc) is 2.81. The van der Waals surface area contributed by atoms with E-state index in [0.29, 0.717) is 19.6 Å². The Labute approximate surface area is 107 Å². The quantitative estimate of drug-likeness (QED) is 0.806. The summed E-state index contributed by atoms with van der Waals surface area (Å²) in [4.78, 5) is 11.1. The summed E-state index contributed by atoms with van der Waals surface area (Å²) >= 11 is 0. The van der Waals surface area contributed by atoms with Crippen LogP contribution in [0.5, 0.6) is 0 Å². The summed E-state index contributed by atoms with van der Waals surface area (Å²) in [7, 11) is -3.53. The van der Waals surface area contributed by atoms with Crippen molar-refractivity contribution >= 4 is 16.0 Å². The van der Waals surface area contributed by atoms with Crippen molar-refractivity contribution in [3.63, 3.8) is 0 Å². The number of carboxylic acids is 1. The lowest BCUT2D eigenvalue weighted by molar-refractivity contribution is -0.142. The molecule has 104 valence electrons. The van der Waals surface area contributed by atoms with Gasteiger partial charge < -0.3 is 9.84 Å². The fraction of sp³-hybridized carbons (Fsp3) is 0.909. The van der Waals surface area contributed by atoms with Crippen molar-refractivity contribution in [1.29, 1.82) is 0 Å². The second kappa shape index (κ2) is 5.54. The second-order valence-corrected chi connectivity index (χ2v) is 6.84. The molecule has 0 saturated carbocycles. The van der Waals surface area contributed by atoms with E-state index in [0.717, 1.165) is 30.0 Å². The van der Waals surface area contributed by atoms with Crippen LogP contribution in [0.1, 0.15) is 32.1 Å². The molecular weight excluding hydrogens is 258 g/mol. The zero-order valence-electron chi connectivity index (χ0n) is 10.2. The lowest BCUT2D eigenvalue weighted by Gasteiger charge is -2.32. The van der Waals surface area contributed by atoms with E-state index in [1.54, 1.807) is 0 Å². The van der Waals surface area contributed by atoms with Gasteiger partial charge in [0.2, 0.25) is 10.0 Å². The minimum absolute atomic E-state index is 0.0865. The highest BCUT2D eigenvalue weighted by Crippen LogP contribution is 2.23. The molecule has 2 saturated heterocycles. The minimum atomic E-state index is -3.53. The second-order valence-electron chi connectivity index (χ2n) is 4.87. The minimum Gasteiger partial charge on any atom is -0.480 e. The van der Waals surface area contributed by atoms with Gasteiger partial charge in [0.1, 0.15) is 6.04 Å². The molecule has 0 aromatic carbocycles. The molecule has 0 spiro atoms. The fourth-order valence-corrected chi connectivity index (χ4v) is 4.51. The van der Waals surface area contributed by atoms with Crippen LogP contribution < -0.4 is 0 Å². The summed E-state index contributed by atoms with van der Waals surface area (Å²) in [5.41, 5.74) is 0. The Bertz CT molecular complexity index is 402. The predicted molar refractivity (Wildman–Crippen MR) is 64.7 cm³/mol. The van der Waals surface area contributed by atoms with E-state index < -0.39 is 22.0 Å². The molecule has 2 aliphatic rings. The standard InChI is InChI=1S/C11H19NO5S/c13-11(14)10-5-1-2-6-12(10)18(15,16)8-9-4-3-7-17-9/h9-10H,1-8H2,(H,13,14)/t9?,10-/m0/s1. The SMILES string of the molecule is O=C(O)[C@@H]1CCCCN1S(=O)(=O)CC1CCCO1. The summed E-state index contributed by atoms with van der Waals surface area (Å²) < 4.78 is 31.0. The summed E-state index contributed by atoms with van der Waals surface area (Å²) in [5, 5.41) is 9.10. The fourth-order valence-electron chi connectivity index (χ4n) is 2.59. The zero-order chi connectivity index (χ0) is 13.2. The van der Waals surface area contributed by atoms with Gasteiger partial charge >= 0.3 is 5.97 Å². The van der Waals surface area contributed by atoms with Gasteiger partial charge in [-0.15, -0.1) is 0 Å². The third-order valence-corrected chi connectivity index (χ3v) is 5.46. The summed E-state index contributed by atoms with van der Waals surface area (Å²) in [6.07, 6.45) is 3.25. The van der Waals surface area contributed by atoms with E-state index in [2.05, 4.69) is 0 Å². The predicted octanol–water partition coefficient (Wildman–Crippen LogP) is 0.434. The Morgan fingerprint density at radius 3 is 2.67 bits per heavy atom. The molecule has 0 aromatic rings. The van der Waals surface area contributed by atoms with Gasteiger partial charge in [0, 0.05) is 13.2 Å². The van der Waals surface area contributed by atoms with E-state index in [9.17, 15) is 13.2 Å². The van der Waals surface area contributed by atoms with Crippen LogP contribution in [-0.4, -0.2) is 54.8 Å². The van der Waals surface area contributed by atoms with Gasteiger partial charge in [-0.05, 0) is 32.1 Å². The van der Waals surface area contributed by atoms with E-state index in [-0.39, 0.29) is 11.9 Å². The van der Waals surface area contributed by atoms with Crippen molar-refractivity contribution in [1.82, 2.24) is 4.31 Å². The summed E-state index contributed by atoms with van der Waals surface area (Å²) in [5.74, 6) is -1.14. The van der Waals surface area contributed by atoms with Crippen LogP contribution in [0.2, 0.25) is 0 Å². The number of nitrogens with zero attached hydrogens (tertiary/aromatic N) is 1. The van der Waals surface area contributed by atoms with Crippen LogP contribution >= 0.6 is 0 Å². The van der Waals surface area contributed by atoms with E-state index in [4.69, 9.17) is 9.84 Å². The normalized spacial score (nSPS) is 30.4. The largest absolute Gasteiger partial charge is 0.480 e. The van der Waals surface area contributed by atoms with Gasteiger partial charge in [-0.1, -0.05) is 0 Å². The molecular formula is C11H19NO5S. The molecule has 2 heterocycles. The van der Waals surface area contributed by atoms with Crippen LogP contribution in [0, 0.1) is 0 Å². The molecule has 7 heteroatoms. The van der Waals surface area contributed by atoms with Crippen LogP contribution in [-0.2, 0) is 19.6 Å². The molecule has 1 unspecified atom stereocenters. The number of rotatable bonds is 4. The number of hydrogen-bond donors (Lipinski definition) is 1. The molecule has 0 radical (unpaired) electrons. The average molecular weight is 277 g/mol. The Balaban J connectivity index is 2.08. The molecule has 2 rings (SSSR count). The number of carboxylic acid groups (broad SMARTS) is 1. The molecule has 1 N–H and O–H groups in total. The first kappa shape index (κ1) is 13.8. The maximum absolute atomic E-state index is 12.2. The third-order valence-electron chi connectivity index (χ3n) is 3.52. The van der Waals surface area contributed by atoms with Crippen molar-refractivity contribution in [2.45, 2.75) is 44.2 Å². The Morgan fingerprint density at radius 2 is 2.06 bits per heavy atom. The third kappa shape index (κ3) is 3.02. The van der Waals surface area contributed by atoms with E-state index >= 15 is 0 Å². The smallest absolute Gasteiger partial charge is 0.322 e. The number of aliphatic carboxylic acids is 1. The molecule has 18 heavy (non-hydrogen) atoms. The molecule has 2 aliphatic heterocycles. The highest BCUT2D eigenvalue weighted by Gasteiger charge is 2.38. The first-order valence-electron chi connectivity index (χ1n) is 6.34. The highest BCUT2D eigenvalue weighted by molar-refractivity contribution is 7.89. The zero-order valence-corrected chi connectivity index (χ0v) is 11.1. The van der Waals surface area contributed by atoms with Gasteiger partial charge in [0.05, 0.1) is 11.9 Å². The molecule has 2 atom stereocenters.